The van der Waals surface area contributed by atoms with Crippen LogP contribution in [0.4, 0.5) is 0 Å². The average molecular weight is 279 g/mol. The molecule has 0 bridgehead atoms. The largest absolute Gasteiger partial charge is 0.0853 e. The molecule has 20 heavy (non-hydrogen) atoms. The maximum Gasteiger partial charge on any atom is -0.0297 e. The topological polar surface area (TPSA) is 0 Å². The third kappa shape index (κ3) is 8.82. The van der Waals surface area contributed by atoms with Crippen LogP contribution in [0, 0.1) is 17.8 Å². The Morgan fingerprint density at radius 1 is 0.900 bits per heavy atom. The molecule has 0 aromatic rings. The van der Waals surface area contributed by atoms with Gasteiger partial charge in [-0.3, -0.25) is 0 Å². The number of hydrogen-bond donors (Lipinski definition) is 0. The van der Waals surface area contributed by atoms with E-state index >= 15 is 0 Å². The summed E-state index contributed by atoms with van der Waals surface area (Å²) in [6, 6.07) is 0. The van der Waals surface area contributed by atoms with E-state index in [2.05, 4.69) is 33.8 Å². The van der Waals surface area contributed by atoms with Gasteiger partial charge in [0, 0.05) is 0 Å². The maximum atomic E-state index is 2.45. The summed E-state index contributed by atoms with van der Waals surface area (Å²) >= 11 is 0. The van der Waals surface area contributed by atoms with Crippen LogP contribution in [0.2, 0.25) is 0 Å². The molecule has 0 heterocycles. The second kappa shape index (κ2) is 10.5. The average Bonchev–Trinajstić information content (AvgIpc) is 2.40. The van der Waals surface area contributed by atoms with Crippen LogP contribution in [0.3, 0.4) is 0 Å². The van der Waals surface area contributed by atoms with Gasteiger partial charge in [0.2, 0.25) is 0 Å². The van der Waals surface area contributed by atoms with Crippen LogP contribution < -0.4 is 0 Å². The van der Waals surface area contributed by atoms with Gasteiger partial charge in [0.15, 0.2) is 0 Å². The van der Waals surface area contributed by atoms with E-state index in [1.54, 1.807) is 5.57 Å². The summed E-state index contributed by atoms with van der Waals surface area (Å²) in [7, 11) is 0. The lowest BCUT2D eigenvalue weighted by molar-refractivity contribution is 0.305. The van der Waals surface area contributed by atoms with Gasteiger partial charge in [-0.2, -0.15) is 0 Å². The van der Waals surface area contributed by atoms with E-state index in [4.69, 9.17) is 0 Å². The number of rotatable bonds is 4. The fourth-order valence-corrected chi connectivity index (χ4v) is 3.70. The molecule has 1 fully saturated rings. The van der Waals surface area contributed by atoms with Crippen LogP contribution in [-0.2, 0) is 0 Å². The maximum absolute atomic E-state index is 2.45. The molecule has 2 aliphatic rings. The molecule has 0 spiro atoms. The van der Waals surface area contributed by atoms with Crippen molar-refractivity contribution in [2.45, 2.75) is 98.3 Å². The summed E-state index contributed by atoms with van der Waals surface area (Å²) in [4.78, 5) is 0. The molecule has 2 aliphatic carbocycles. The van der Waals surface area contributed by atoms with Gasteiger partial charge in [-0.15, -0.1) is 0 Å². The highest BCUT2D eigenvalue weighted by Gasteiger charge is 2.13. The van der Waals surface area contributed by atoms with Crippen molar-refractivity contribution >= 4 is 0 Å². The molecule has 118 valence electrons. The lowest BCUT2D eigenvalue weighted by Crippen LogP contribution is -2.08. The van der Waals surface area contributed by atoms with Gasteiger partial charge in [0.1, 0.15) is 0 Å². The summed E-state index contributed by atoms with van der Waals surface area (Å²) in [6.07, 6.45) is 18.3. The molecule has 0 nitrogen and oxygen atoms in total. The van der Waals surface area contributed by atoms with Gasteiger partial charge < -0.3 is 0 Å². The third-order valence-corrected chi connectivity index (χ3v) is 4.58. The molecule has 2 rings (SSSR count). The van der Waals surface area contributed by atoms with Crippen LogP contribution in [0.15, 0.2) is 11.6 Å². The molecular formula is C20H38. The predicted octanol–water partition coefficient (Wildman–Crippen LogP) is 7.15. The van der Waals surface area contributed by atoms with Crippen molar-refractivity contribution in [1.82, 2.24) is 0 Å². The highest BCUT2D eigenvalue weighted by Crippen LogP contribution is 2.28. The number of hydrogen-bond acceptors (Lipinski definition) is 0. The quantitative estimate of drug-likeness (QED) is 0.479. The van der Waals surface area contributed by atoms with E-state index in [0.29, 0.717) is 0 Å². The lowest BCUT2D eigenvalue weighted by atomic mass is 9.84. The van der Waals surface area contributed by atoms with Crippen molar-refractivity contribution < 1.29 is 0 Å². The molecule has 0 radical (unpaired) electrons. The molecule has 0 aromatic carbocycles. The first-order valence-electron chi connectivity index (χ1n) is 9.25. The first kappa shape index (κ1) is 17.8. The molecule has 0 heteroatoms. The molecule has 0 amide bonds. The smallest absolute Gasteiger partial charge is 0.0297 e. The fourth-order valence-electron chi connectivity index (χ4n) is 3.70. The molecule has 1 saturated carbocycles. The predicted molar refractivity (Wildman–Crippen MR) is 92.0 cm³/mol. The minimum atomic E-state index is 0.851. The van der Waals surface area contributed by atoms with E-state index in [1.807, 2.05) is 0 Å². The van der Waals surface area contributed by atoms with Crippen LogP contribution in [0.25, 0.3) is 0 Å². The van der Waals surface area contributed by atoms with E-state index in [-0.39, 0.29) is 0 Å². The minimum Gasteiger partial charge on any atom is -0.0853 e. The highest BCUT2D eigenvalue weighted by molar-refractivity contribution is 5.05. The number of allylic oxidation sites excluding steroid dienone is 2. The third-order valence-electron chi connectivity index (χ3n) is 4.58. The van der Waals surface area contributed by atoms with Gasteiger partial charge in [0.05, 0.1) is 0 Å². The molecule has 0 aliphatic heterocycles. The van der Waals surface area contributed by atoms with Crippen molar-refractivity contribution in [3.8, 4) is 0 Å². The van der Waals surface area contributed by atoms with Gasteiger partial charge in [0.25, 0.3) is 0 Å². The van der Waals surface area contributed by atoms with Crippen LogP contribution in [0.5, 0.6) is 0 Å². The Balaban J connectivity index is 0.000000200. The Morgan fingerprint density at radius 2 is 1.60 bits per heavy atom. The van der Waals surface area contributed by atoms with Gasteiger partial charge in [-0.25, -0.2) is 0 Å². The van der Waals surface area contributed by atoms with Gasteiger partial charge >= 0.3 is 0 Å². The summed E-state index contributed by atoms with van der Waals surface area (Å²) in [5, 5.41) is 0. The van der Waals surface area contributed by atoms with Crippen molar-refractivity contribution in [2.75, 3.05) is 0 Å². The van der Waals surface area contributed by atoms with E-state index in [9.17, 15) is 0 Å². The van der Waals surface area contributed by atoms with Crippen molar-refractivity contribution in [3.63, 3.8) is 0 Å². The zero-order chi connectivity index (χ0) is 14.8. The zero-order valence-corrected chi connectivity index (χ0v) is 14.6. The van der Waals surface area contributed by atoms with Gasteiger partial charge in [-0.1, -0.05) is 71.4 Å². The summed E-state index contributed by atoms with van der Waals surface area (Å²) in [5.74, 6) is 2.85. The first-order chi connectivity index (χ1) is 9.58. The minimum absolute atomic E-state index is 0.851. The first-order valence-corrected chi connectivity index (χ1v) is 9.25. The van der Waals surface area contributed by atoms with Crippen LogP contribution in [-0.4, -0.2) is 0 Å². The molecule has 0 saturated heterocycles. The van der Waals surface area contributed by atoms with Gasteiger partial charge in [-0.05, 0) is 56.3 Å². The molecule has 0 N–H and O–H groups in total. The SMILES string of the molecule is CC(C)CC1=CCCCC1.CC(C)CC1CCCCC1. The van der Waals surface area contributed by atoms with Crippen LogP contribution in [0.1, 0.15) is 98.3 Å². The Hall–Kier alpha value is -0.260. The molecule has 0 atom stereocenters. The van der Waals surface area contributed by atoms with E-state index in [0.717, 1.165) is 17.8 Å². The summed E-state index contributed by atoms with van der Waals surface area (Å²) in [5.41, 5.74) is 1.71. The summed E-state index contributed by atoms with van der Waals surface area (Å²) < 4.78 is 0. The molecular weight excluding hydrogens is 240 g/mol. The molecule has 0 unspecified atom stereocenters. The Bertz CT molecular complexity index is 253. The fraction of sp³-hybridized carbons (Fsp3) is 0.900. The van der Waals surface area contributed by atoms with Crippen LogP contribution >= 0.6 is 0 Å². The highest BCUT2D eigenvalue weighted by atomic mass is 14.2. The zero-order valence-electron chi connectivity index (χ0n) is 14.6. The Kier molecular flexibility index (Phi) is 9.31. The molecule has 0 aromatic heterocycles. The van der Waals surface area contributed by atoms with Crippen molar-refractivity contribution in [2.24, 2.45) is 17.8 Å². The van der Waals surface area contributed by atoms with E-state index < -0.39 is 0 Å². The normalized spacial score (nSPS) is 20.6. The van der Waals surface area contributed by atoms with E-state index in [1.165, 1.54) is 70.6 Å². The standard InChI is InChI=1S/C10H20.C10H18/c2*1-9(2)8-10-6-4-3-5-7-10/h9-10H,3-8H2,1-2H3;6,9H,3-5,7-8H2,1-2H3. The second-order valence-corrected chi connectivity index (χ2v) is 7.84. The Labute approximate surface area is 128 Å². The Morgan fingerprint density at radius 3 is 2.10 bits per heavy atom. The second-order valence-electron chi connectivity index (χ2n) is 7.84. The summed E-state index contributed by atoms with van der Waals surface area (Å²) in [6.45, 7) is 9.29. The lowest BCUT2D eigenvalue weighted by Gasteiger charge is -2.22. The van der Waals surface area contributed by atoms with Crippen molar-refractivity contribution in [1.29, 1.82) is 0 Å². The monoisotopic (exact) mass is 278 g/mol. The van der Waals surface area contributed by atoms with Crippen molar-refractivity contribution in [3.05, 3.63) is 11.6 Å².